The fraction of sp³-hybridized carbons (Fsp3) is 0.368. The summed E-state index contributed by atoms with van der Waals surface area (Å²) in [6.07, 6.45) is 0. The van der Waals surface area contributed by atoms with Crippen molar-refractivity contribution in [2.24, 2.45) is 0 Å². The second-order valence-corrected chi connectivity index (χ2v) is 10.7. The molecule has 27 heavy (non-hydrogen) atoms. The molecule has 1 atom stereocenters. The molecule has 0 aliphatic rings. The van der Waals surface area contributed by atoms with E-state index in [1.54, 1.807) is 6.92 Å². The monoisotopic (exact) mass is 410 g/mol. The normalized spacial score (nSPS) is 13.7. The highest BCUT2D eigenvalue weighted by Crippen LogP contribution is 2.20. The van der Waals surface area contributed by atoms with Crippen LogP contribution in [0.4, 0.5) is 0 Å². The number of rotatable bonds is 8. The first-order valence-corrected chi connectivity index (χ1v) is 11.8. The lowest BCUT2D eigenvalue weighted by Gasteiger charge is -2.25. The molecule has 0 saturated heterocycles. The van der Waals surface area contributed by atoms with E-state index >= 15 is 0 Å². The summed E-state index contributed by atoms with van der Waals surface area (Å²) in [5, 5.41) is 0. The maximum atomic E-state index is 12.6. The number of sulfone groups is 1. The lowest BCUT2D eigenvalue weighted by Crippen LogP contribution is -2.34. The average molecular weight is 411 g/mol. The summed E-state index contributed by atoms with van der Waals surface area (Å²) in [7, 11) is -3.32. The maximum Gasteiger partial charge on any atom is 0.240 e. The fourth-order valence-corrected chi connectivity index (χ4v) is 4.57. The van der Waals surface area contributed by atoms with Crippen LogP contribution < -0.4 is 4.72 Å². The number of nitrogens with one attached hydrogen (secondary N) is 1. The van der Waals surface area contributed by atoms with Gasteiger partial charge in [-0.05, 0) is 50.8 Å². The molecule has 0 saturated carbocycles. The lowest BCUT2D eigenvalue weighted by atomic mass is 10.0. The van der Waals surface area contributed by atoms with Gasteiger partial charge in [-0.2, -0.15) is 0 Å². The minimum atomic E-state index is -3.75. The van der Waals surface area contributed by atoms with Crippen LogP contribution >= 0.6 is 0 Å². The molecule has 0 bridgehead atoms. The third kappa shape index (κ3) is 5.38. The smallest absolute Gasteiger partial charge is 0.240 e. The Morgan fingerprint density at radius 1 is 0.889 bits per heavy atom. The molecule has 0 amide bonds. The molecule has 0 spiro atoms. The first-order valence-electron chi connectivity index (χ1n) is 8.62. The van der Waals surface area contributed by atoms with Crippen LogP contribution in [0.5, 0.6) is 0 Å². The Kier molecular flexibility index (Phi) is 6.80. The van der Waals surface area contributed by atoms with Crippen LogP contribution in [0.1, 0.15) is 24.1 Å². The molecule has 6 nitrogen and oxygen atoms in total. The molecule has 1 N–H and O–H groups in total. The molecular weight excluding hydrogens is 384 g/mol. The Balaban J connectivity index is 2.18. The van der Waals surface area contributed by atoms with Crippen LogP contribution in [0.2, 0.25) is 0 Å². The Labute approximate surface area is 162 Å². The van der Waals surface area contributed by atoms with Gasteiger partial charge in [0.15, 0.2) is 9.84 Å². The number of hydrogen-bond acceptors (Lipinski definition) is 5. The molecule has 0 radical (unpaired) electrons. The summed E-state index contributed by atoms with van der Waals surface area (Å²) in [6.45, 7) is 3.75. The van der Waals surface area contributed by atoms with Crippen molar-refractivity contribution in [3.8, 4) is 0 Å². The number of benzene rings is 2. The maximum absolute atomic E-state index is 12.6. The van der Waals surface area contributed by atoms with E-state index in [1.165, 1.54) is 24.3 Å². The molecule has 8 heteroatoms. The van der Waals surface area contributed by atoms with Gasteiger partial charge < -0.3 is 4.90 Å². The molecule has 2 aromatic rings. The third-order valence-corrected chi connectivity index (χ3v) is 7.62. The largest absolute Gasteiger partial charge is 0.301 e. The Hall–Kier alpha value is -1.74. The van der Waals surface area contributed by atoms with Crippen LogP contribution in [-0.2, 0) is 19.9 Å². The van der Waals surface area contributed by atoms with Crippen LogP contribution in [0, 0.1) is 6.92 Å². The van der Waals surface area contributed by atoms with E-state index in [9.17, 15) is 16.8 Å². The quantitative estimate of drug-likeness (QED) is 0.722. The summed E-state index contributed by atoms with van der Waals surface area (Å²) in [4.78, 5) is 2.11. The molecule has 2 aromatic carbocycles. The van der Waals surface area contributed by atoms with Gasteiger partial charge >= 0.3 is 0 Å². The van der Waals surface area contributed by atoms with Crippen LogP contribution in [-0.4, -0.2) is 48.1 Å². The van der Waals surface area contributed by atoms with Crippen LogP contribution in [0.3, 0.4) is 0 Å². The van der Waals surface area contributed by atoms with Crippen LogP contribution in [0.15, 0.2) is 58.3 Å². The molecule has 0 aliphatic heterocycles. The van der Waals surface area contributed by atoms with Crippen molar-refractivity contribution in [2.75, 3.05) is 26.4 Å². The van der Waals surface area contributed by atoms with E-state index in [1.807, 2.05) is 50.2 Å². The van der Waals surface area contributed by atoms with Crippen molar-refractivity contribution in [1.82, 2.24) is 9.62 Å². The summed E-state index contributed by atoms with van der Waals surface area (Å²) >= 11 is 0. The van der Waals surface area contributed by atoms with E-state index in [0.717, 1.165) is 11.1 Å². The number of aryl methyl sites for hydroxylation is 1. The summed E-state index contributed by atoms with van der Waals surface area (Å²) in [6, 6.07) is 13.1. The van der Waals surface area contributed by atoms with Gasteiger partial charge in [-0.1, -0.05) is 36.8 Å². The second kappa shape index (κ2) is 8.52. The third-order valence-electron chi connectivity index (χ3n) is 4.43. The van der Waals surface area contributed by atoms with Gasteiger partial charge in [-0.15, -0.1) is 0 Å². The zero-order valence-corrected chi connectivity index (χ0v) is 17.6. The standard InChI is InChI=1S/C19H26N2O4S2/c1-5-26(22,23)17-10-12-18(13-11-17)27(24,25)20-14-19(21(3)4)16-8-6-15(2)7-9-16/h6-13,19-20H,5,14H2,1-4H3. The van der Waals surface area contributed by atoms with E-state index in [2.05, 4.69) is 4.72 Å². The highest BCUT2D eigenvalue weighted by molar-refractivity contribution is 7.91. The first-order chi connectivity index (χ1) is 12.6. The number of likely N-dealkylation sites (N-methyl/N-ethyl adjacent to an activating group) is 1. The zero-order valence-electron chi connectivity index (χ0n) is 16.0. The van der Waals surface area contributed by atoms with Gasteiger partial charge in [0.1, 0.15) is 0 Å². The molecular formula is C19H26N2O4S2. The first kappa shape index (κ1) is 21.6. The Bertz CT molecular complexity index is 965. The van der Waals surface area contributed by atoms with Crippen molar-refractivity contribution in [3.05, 3.63) is 59.7 Å². The van der Waals surface area contributed by atoms with Crippen molar-refractivity contribution in [3.63, 3.8) is 0 Å². The van der Waals surface area contributed by atoms with Gasteiger partial charge in [-0.25, -0.2) is 21.6 Å². The van der Waals surface area contributed by atoms with Crippen molar-refractivity contribution in [1.29, 1.82) is 0 Å². The van der Waals surface area contributed by atoms with Crippen molar-refractivity contribution >= 4 is 19.9 Å². The van der Waals surface area contributed by atoms with Crippen LogP contribution in [0.25, 0.3) is 0 Å². The van der Waals surface area contributed by atoms with Gasteiger partial charge in [0.05, 0.1) is 15.5 Å². The highest BCUT2D eigenvalue weighted by Gasteiger charge is 2.20. The molecule has 0 aromatic heterocycles. The van der Waals surface area contributed by atoms with Gasteiger partial charge in [0.2, 0.25) is 10.0 Å². The minimum absolute atomic E-state index is 0.0294. The number of sulfonamides is 1. The van der Waals surface area contributed by atoms with E-state index in [0.29, 0.717) is 0 Å². The summed E-state index contributed by atoms with van der Waals surface area (Å²) < 4.78 is 51.5. The molecule has 0 heterocycles. The van der Waals surface area contributed by atoms with E-state index < -0.39 is 19.9 Å². The van der Waals surface area contributed by atoms with Gasteiger partial charge in [0.25, 0.3) is 0 Å². The molecule has 2 rings (SSSR count). The molecule has 0 aliphatic carbocycles. The Morgan fingerprint density at radius 2 is 1.41 bits per heavy atom. The number of hydrogen-bond donors (Lipinski definition) is 1. The molecule has 148 valence electrons. The summed E-state index contributed by atoms with van der Waals surface area (Å²) in [5.41, 5.74) is 2.15. The predicted molar refractivity (Wildman–Crippen MR) is 107 cm³/mol. The SMILES string of the molecule is CCS(=O)(=O)c1ccc(S(=O)(=O)NCC(c2ccc(C)cc2)N(C)C)cc1. The zero-order chi connectivity index (χ0) is 20.2. The minimum Gasteiger partial charge on any atom is -0.301 e. The topological polar surface area (TPSA) is 83.5 Å². The highest BCUT2D eigenvalue weighted by atomic mass is 32.2. The van der Waals surface area contributed by atoms with Gasteiger partial charge in [0, 0.05) is 12.6 Å². The average Bonchev–Trinajstić information content (AvgIpc) is 2.63. The second-order valence-electron chi connectivity index (χ2n) is 6.62. The molecule has 0 fully saturated rings. The van der Waals surface area contributed by atoms with E-state index in [4.69, 9.17) is 0 Å². The fourth-order valence-electron chi connectivity index (χ4n) is 2.65. The van der Waals surface area contributed by atoms with Gasteiger partial charge in [-0.3, -0.25) is 0 Å². The summed E-state index contributed by atoms with van der Waals surface area (Å²) in [5.74, 6) is -0.0294. The van der Waals surface area contributed by atoms with E-state index in [-0.39, 0.29) is 28.1 Å². The Morgan fingerprint density at radius 3 is 1.89 bits per heavy atom. The lowest BCUT2D eigenvalue weighted by molar-refractivity contribution is 0.299. The number of nitrogens with zero attached hydrogens (tertiary/aromatic N) is 1. The predicted octanol–water partition coefficient (Wildman–Crippen LogP) is 2.37. The molecule has 1 unspecified atom stereocenters. The van der Waals surface area contributed by atoms with Crippen molar-refractivity contribution < 1.29 is 16.8 Å². The van der Waals surface area contributed by atoms with Crippen molar-refractivity contribution in [2.45, 2.75) is 29.7 Å².